The number of benzene rings is 1. The molecule has 0 amide bonds. The van der Waals surface area contributed by atoms with Crippen molar-refractivity contribution in [2.75, 3.05) is 12.4 Å². The molecule has 0 aliphatic carbocycles. The van der Waals surface area contributed by atoms with Gasteiger partial charge in [0.2, 0.25) is 0 Å². The Labute approximate surface area is 116 Å². The SMILES string of the molecule is COc1ccc(NCc2cc(Cl)nc(Cl)c2)cc1. The van der Waals surface area contributed by atoms with E-state index < -0.39 is 0 Å². The number of hydrogen-bond donors (Lipinski definition) is 1. The standard InChI is InChI=1S/C13H12Cl2N2O/c1-18-11-4-2-10(3-5-11)16-8-9-6-12(14)17-13(15)7-9/h2-7,16H,8H2,1H3. The minimum atomic E-state index is 0.397. The number of anilines is 1. The Bertz CT molecular complexity index is 509. The maximum atomic E-state index is 5.83. The third-order valence-corrected chi connectivity index (χ3v) is 2.80. The molecule has 0 aliphatic heterocycles. The maximum Gasteiger partial charge on any atom is 0.131 e. The van der Waals surface area contributed by atoms with E-state index in [2.05, 4.69) is 10.3 Å². The largest absolute Gasteiger partial charge is 0.497 e. The number of aromatic nitrogens is 1. The summed E-state index contributed by atoms with van der Waals surface area (Å²) in [6, 6.07) is 11.3. The van der Waals surface area contributed by atoms with Crippen molar-refractivity contribution in [2.24, 2.45) is 0 Å². The van der Waals surface area contributed by atoms with Crippen LogP contribution in [0.1, 0.15) is 5.56 Å². The predicted molar refractivity (Wildman–Crippen MR) is 74.6 cm³/mol. The summed E-state index contributed by atoms with van der Waals surface area (Å²) in [4.78, 5) is 3.90. The van der Waals surface area contributed by atoms with Gasteiger partial charge in [-0.15, -0.1) is 0 Å². The van der Waals surface area contributed by atoms with Crippen LogP contribution in [-0.4, -0.2) is 12.1 Å². The number of ether oxygens (including phenoxy) is 1. The Balaban J connectivity index is 2.01. The van der Waals surface area contributed by atoms with Crippen LogP contribution in [0.5, 0.6) is 5.75 Å². The quantitative estimate of drug-likeness (QED) is 0.861. The third kappa shape index (κ3) is 3.52. The maximum absolute atomic E-state index is 5.83. The predicted octanol–water partition coefficient (Wildman–Crippen LogP) is 4.01. The fourth-order valence-electron chi connectivity index (χ4n) is 1.53. The van der Waals surface area contributed by atoms with E-state index in [0.29, 0.717) is 16.9 Å². The molecule has 0 saturated carbocycles. The molecule has 1 aromatic heterocycles. The Hall–Kier alpha value is -1.45. The van der Waals surface area contributed by atoms with Crippen molar-refractivity contribution in [3.63, 3.8) is 0 Å². The van der Waals surface area contributed by atoms with Gasteiger partial charge in [-0.05, 0) is 42.0 Å². The van der Waals surface area contributed by atoms with Crippen LogP contribution in [0.15, 0.2) is 36.4 Å². The Kier molecular flexibility index (Phi) is 4.28. The minimum Gasteiger partial charge on any atom is -0.497 e. The van der Waals surface area contributed by atoms with Crippen LogP contribution in [0.25, 0.3) is 0 Å². The highest BCUT2D eigenvalue weighted by Gasteiger charge is 2.00. The van der Waals surface area contributed by atoms with E-state index in [1.807, 2.05) is 24.3 Å². The first-order chi connectivity index (χ1) is 8.67. The summed E-state index contributed by atoms with van der Waals surface area (Å²) in [6.07, 6.45) is 0. The van der Waals surface area contributed by atoms with Crippen molar-refractivity contribution in [1.82, 2.24) is 4.98 Å². The molecule has 0 spiro atoms. The first-order valence-electron chi connectivity index (χ1n) is 5.37. The second-order valence-electron chi connectivity index (χ2n) is 3.70. The molecule has 0 unspecified atom stereocenters. The molecule has 2 aromatic rings. The van der Waals surface area contributed by atoms with Crippen molar-refractivity contribution in [2.45, 2.75) is 6.54 Å². The van der Waals surface area contributed by atoms with Crippen LogP contribution in [0.2, 0.25) is 10.3 Å². The average Bonchev–Trinajstić information content (AvgIpc) is 2.36. The van der Waals surface area contributed by atoms with Crippen LogP contribution in [0, 0.1) is 0 Å². The molecule has 1 heterocycles. The molecular formula is C13H12Cl2N2O. The second-order valence-corrected chi connectivity index (χ2v) is 4.48. The summed E-state index contributed by atoms with van der Waals surface area (Å²) < 4.78 is 5.09. The molecule has 1 aromatic carbocycles. The van der Waals surface area contributed by atoms with Crippen molar-refractivity contribution in [3.8, 4) is 5.75 Å². The molecular weight excluding hydrogens is 271 g/mol. The lowest BCUT2D eigenvalue weighted by molar-refractivity contribution is 0.415. The normalized spacial score (nSPS) is 10.2. The zero-order valence-electron chi connectivity index (χ0n) is 9.78. The lowest BCUT2D eigenvalue weighted by Crippen LogP contribution is -1.99. The summed E-state index contributed by atoms with van der Waals surface area (Å²) in [5.41, 5.74) is 1.98. The highest BCUT2D eigenvalue weighted by atomic mass is 35.5. The van der Waals surface area contributed by atoms with E-state index in [0.717, 1.165) is 17.0 Å². The van der Waals surface area contributed by atoms with Crippen molar-refractivity contribution in [3.05, 3.63) is 52.3 Å². The van der Waals surface area contributed by atoms with Gasteiger partial charge in [-0.1, -0.05) is 23.2 Å². The first kappa shape index (κ1) is 13.0. The van der Waals surface area contributed by atoms with Gasteiger partial charge in [0.1, 0.15) is 16.1 Å². The zero-order valence-corrected chi connectivity index (χ0v) is 11.3. The molecule has 0 atom stereocenters. The summed E-state index contributed by atoms with van der Waals surface area (Å²) in [6.45, 7) is 0.633. The number of nitrogens with zero attached hydrogens (tertiary/aromatic N) is 1. The number of hydrogen-bond acceptors (Lipinski definition) is 3. The smallest absolute Gasteiger partial charge is 0.131 e. The van der Waals surface area contributed by atoms with Gasteiger partial charge >= 0.3 is 0 Å². The fourth-order valence-corrected chi connectivity index (χ4v) is 2.03. The lowest BCUT2D eigenvalue weighted by Gasteiger charge is -2.08. The van der Waals surface area contributed by atoms with Gasteiger partial charge in [0, 0.05) is 12.2 Å². The van der Waals surface area contributed by atoms with E-state index in [-0.39, 0.29) is 0 Å². The van der Waals surface area contributed by atoms with Crippen LogP contribution in [0.4, 0.5) is 5.69 Å². The van der Waals surface area contributed by atoms with E-state index in [9.17, 15) is 0 Å². The monoisotopic (exact) mass is 282 g/mol. The van der Waals surface area contributed by atoms with Crippen LogP contribution in [0.3, 0.4) is 0 Å². The molecule has 0 fully saturated rings. The van der Waals surface area contributed by atoms with Gasteiger partial charge in [0.25, 0.3) is 0 Å². The Morgan fingerprint density at radius 3 is 2.28 bits per heavy atom. The molecule has 2 rings (SSSR count). The summed E-state index contributed by atoms with van der Waals surface area (Å²) in [7, 11) is 1.64. The van der Waals surface area contributed by atoms with Gasteiger partial charge in [0.05, 0.1) is 7.11 Å². The number of halogens is 2. The fraction of sp³-hybridized carbons (Fsp3) is 0.154. The Morgan fingerprint density at radius 1 is 1.11 bits per heavy atom. The summed E-state index contributed by atoms with van der Waals surface area (Å²) >= 11 is 11.7. The average molecular weight is 283 g/mol. The second kappa shape index (κ2) is 5.94. The molecule has 0 saturated heterocycles. The van der Waals surface area contributed by atoms with E-state index in [1.165, 1.54) is 0 Å². The Morgan fingerprint density at radius 2 is 1.72 bits per heavy atom. The highest BCUT2D eigenvalue weighted by Crippen LogP contribution is 2.18. The van der Waals surface area contributed by atoms with Crippen molar-refractivity contribution in [1.29, 1.82) is 0 Å². The number of nitrogens with one attached hydrogen (secondary N) is 1. The van der Waals surface area contributed by atoms with Gasteiger partial charge in [0.15, 0.2) is 0 Å². The topological polar surface area (TPSA) is 34.1 Å². The van der Waals surface area contributed by atoms with E-state index in [1.54, 1.807) is 19.2 Å². The molecule has 1 N–H and O–H groups in total. The van der Waals surface area contributed by atoms with E-state index >= 15 is 0 Å². The van der Waals surface area contributed by atoms with Crippen molar-refractivity contribution < 1.29 is 4.74 Å². The van der Waals surface area contributed by atoms with Gasteiger partial charge < -0.3 is 10.1 Å². The molecule has 18 heavy (non-hydrogen) atoms. The number of rotatable bonds is 4. The zero-order chi connectivity index (χ0) is 13.0. The summed E-state index contributed by atoms with van der Waals surface area (Å²) in [5, 5.41) is 4.06. The molecule has 0 aliphatic rings. The molecule has 0 bridgehead atoms. The summed E-state index contributed by atoms with van der Waals surface area (Å²) in [5.74, 6) is 0.829. The lowest BCUT2D eigenvalue weighted by atomic mass is 10.2. The van der Waals surface area contributed by atoms with Gasteiger partial charge in [-0.3, -0.25) is 0 Å². The molecule has 94 valence electrons. The number of pyridine rings is 1. The molecule has 0 radical (unpaired) electrons. The molecule has 3 nitrogen and oxygen atoms in total. The highest BCUT2D eigenvalue weighted by molar-refractivity contribution is 6.32. The van der Waals surface area contributed by atoms with Gasteiger partial charge in [-0.2, -0.15) is 0 Å². The van der Waals surface area contributed by atoms with Crippen LogP contribution in [-0.2, 0) is 6.54 Å². The molecule has 5 heteroatoms. The third-order valence-electron chi connectivity index (χ3n) is 2.41. The first-order valence-corrected chi connectivity index (χ1v) is 6.13. The number of methoxy groups -OCH3 is 1. The van der Waals surface area contributed by atoms with Gasteiger partial charge in [-0.25, -0.2) is 4.98 Å². The van der Waals surface area contributed by atoms with Crippen molar-refractivity contribution >= 4 is 28.9 Å². The van der Waals surface area contributed by atoms with Crippen LogP contribution < -0.4 is 10.1 Å². The van der Waals surface area contributed by atoms with Crippen LogP contribution >= 0.6 is 23.2 Å². The van der Waals surface area contributed by atoms with E-state index in [4.69, 9.17) is 27.9 Å². The minimum absolute atomic E-state index is 0.397.